The molecule has 0 saturated heterocycles. The lowest BCUT2D eigenvalue weighted by Gasteiger charge is -2.08. The van der Waals surface area contributed by atoms with Crippen LogP contribution in [-0.4, -0.2) is 34.1 Å². The summed E-state index contributed by atoms with van der Waals surface area (Å²) in [5, 5.41) is 13.0. The molecule has 3 aromatic rings. The summed E-state index contributed by atoms with van der Waals surface area (Å²) < 4.78 is 28.9. The monoisotopic (exact) mass is 396 g/mol. The highest BCUT2D eigenvalue weighted by Gasteiger charge is 2.19. The summed E-state index contributed by atoms with van der Waals surface area (Å²) in [6.45, 7) is 0. The number of fused-ring (bicyclic) bond motifs is 1. The van der Waals surface area contributed by atoms with Crippen molar-refractivity contribution < 1.29 is 18.3 Å². The summed E-state index contributed by atoms with van der Waals surface area (Å²) in [5.41, 5.74) is 0.558. The van der Waals surface area contributed by atoms with Crippen molar-refractivity contribution in [2.45, 2.75) is 4.90 Å². The largest absolute Gasteiger partial charge is 0.478 e. The van der Waals surface area contributed by atoms with E-state index in [1.54, 1.807) is 12.3 Å². The van der Waals surface area contributed by atoms with E-state index in [1.165, 1.54) is 35.1 Å². The molecule has 0 fully saturated rings. The van der Waals surface area contributed by atoms with Crippen molar-refractivity contribution in [3.05, 3.63) is 52.9 Å². The van der Waals surface area contributed by atoms with Gasteiger partial charge < -0.3 is 5.11 Å². The minimum Gasteiger partial charge on any atom is -0.478 e. The lowest BCUT2D eigenvalue weighted by atomic mass is 10.2. The number of carboxylic acid groups (broad SMARTS) is 1. The molecule has 2 heterocycles. The first-order valence-electron chi connectivity index (χ1n) is 6.22. The van der Waals surface area contributed by atoms with E-state index < -0.39 is 16.0 Å². The average molecular weight is 397 g/mol. The number of nitrogens with zero attached hydrogens (tertiary/aromatic N) is 3. The van der Waals surface area contributed by atoms with Crippen molar-refractivity contribution >= 4 is 43.3 Å². The van der Waals surface area contributed by atoms with Crippen LogP contribution in [0.3, 0.4) is 0 Å². The van der Waals surface area contributed by atoms with Crippen molar-refractivity contribution in [3.8, 4) is 0 Å². The Hall–Kier alpha value is -2.46. The van der Waals surface area contributed by atoms with Gasteiger partial charge in [0.15, 0.2) is 5.65 Å². The minimum absolute atomic E-state index is 0.0263. The third-order valence-corrected chi connectivity index (χ3v) is 5.02. The zero-order chi connectivity index (χ0) is 16.6. The van der Waals surface area contributed by atoms with Crippen LogP contribution in [0.1, 0.15) is 10.4 Å². The van der Waals surface area contributed by atoms with Crippen molar-refractivity contribution in [1.29, 1.82) is 0 Å². The van der Waals surface area contributed by atoms with Gasteiger partial charge in [-0.25, -0.2) is 22.7 Å². The smallest absolute Gasteiger partial charge is 0.336 e. The van der Waals surface area contributed by atoms with Crippen molar-refractivity contribution in [1.82, 2.24) is 14.6 Å². The molecule has 0 aliphatic rings. The molecule has 0 unspecified atom stereocenters. The van der Waals surface area contributed by atoms with Gasteiger partial charge in [-0.2, -0.15) is 5.10 Å². The highest BCUT2D eigenvalue weighted by Crippen LogP contribution is 2.24. The van der Waals surface area contributed by atoms with Crippen LogP contribution in [0.15, 0.2) is 52.2 Å². The van der Waals surface area contributed by atoms with Gasteiger partial charge in [-0.3, -0.25) is 4.72 Å². The zero-order valence-electron chi connectivity index (χ0n) is 11.3. The Morgan fingerprint density at radius 1 is 1.35 bits per heavy atom. The molecule has 2 aromatic heterocycles. The fourth-order valence-corrected chi connectivity index (χ4v) is 3.71. The number of nitrogens with one attached hydrogen (secondary N) is 1. The number of anilines is 1. The van der Waals surface area contributed by atoms with Gasteiger partial charge in [0.2, 0.25) is 0 Å². The fourth-order valence-electron chi connectivity index (χ4n) is 1.94. The number of rotatable bonds is 4. The molecule has 0 atom stereocenters. The minimum atomic E-state index is -3.91. The second-order valence-corrected chi connectivity index (χ2v) is 7.04. The van der Waals surface area contributed by atoms with Gasteiger partial charge in [0, 0.05) is 16.9 Å². The molecular weight excluding hydrogens is 388 g/mol. The Morgan fingerprint density at radius 2 is 2.13 bits per heavy atom. The third kappa shape index (κ3) is 2.90. The molecule has 2 N–H and O–H groups in total. The molecule has 3 rings (SSSR count). The molecule has 0 aliphatic heterocycles. The number of benzene rings is 1. The second kappa shape index (κ2) is 5.63. The molecule has 0 radical (unpaired) electrons. The number of aromatic nitrogens is 3. The number of carbonyl (C=O) groups is 1. The van der Waals surface area contributed by atoms with E-state index in [0.717, 1.165) is 0 Å². The van der Waals surface area contributed by atoms with Crippen LogP contribution in [0.25, 0.3) is 5.65 Å². The molecule has 0 saturated carbocycles. The second-order valence-electron chi connectivity index (χ2n) is 4.50. The van der Waals surface area contributed by atoms with Crippen LogP contribution < -0.4 is 4.72 Å². The molecule has 0 bridgehead atoms. The molecule has 8 nitrogen and oxygen atoms in total. The van der Waals surface area contributed by atoms with E-state index in [9.17, 15) is 13.2 Å². The lowest BCUT2D eigenvalue weighted by molar-refractivity contribution is 0.0695. The van der Waals surface area contributed by atoms with Gasteiger partial charge in [0.1, 0.15) is 5.69 Å². The molecule has 23 heavy (non-hydrogen) atoms. The summed E-state index contributed by atoms with van der Waals surface area (Å²) in [5.74, 6) is -1.15. The molecule has 0 amide bonds. The Bertz CT molecular complexity index is 1020. The van der Waals surface area contributed by atoms with E-state index in [2.05, 4.69) is 30.7 Å². The SMILES string of the molecule is O=C(O)c1ccc(S(=O)(=O)Nc2cnn3cccnc23)cc1Br. The summed E-state index contributed by atoms with van der Waals surface area (Å²) >= 11 is 3.06. The number of hydrogen-bond acceptors (Lipinski definition) is 5. The van der Waals surface area contributed by atoms with Crippen molar-refractivity contribution in [2.24, 2.45) is 0 Å². The van der Waals surface area contributed by atoms with Crippen LogP contribution in [-0.2, 0) is 10.0 Å². The Morgan fingerprint density at radius 3 is 2.83 bits per heavy atom. The summed E-state index contributed by atoms with van der Waals surface area (Å²) in [4.78, 5) is 15.0. The highest BCUT2D eigenvalue weighted by molar-refractivity contribution is 9.10. The summed E-state index contributed by atoms with van der Waals surface area (Å²) in [6.07, 6.45) is 4.51. The number of sulfonamides is 1. The predicted octanol–water partition coefficient (Wildman–Crippen LogP) is 1.99. The van der Waals surface area contributed by atoms with Crippen LogP contribution in [0.2, 0.25) is 0 Å². The average Bonchev–Trinajstić information content (AvgIpc) is 2.89. The Balaban J connectivity index is 1.99. The Labute approximate surface area is 139 Å². The van der Waals surface area contributed by atoms with E-state index in [1.807, 2.05) is 0 Å². The standard InChI is InChI=1S/C13H9BrN4O4S/c14-10-6-8(2-3-9(10)13(19)20)23(21,22)17-11-7-16-18-5-1-4-15-12(11)18/h1-7,17H,(H,19,20). The first-order valence-corrected chi connectivity index (χ1v) is 8.50. The lowest BCUT2D eigenvalue weighted by Crippen LogP contribution is -2.13. The van der Waals surface area contributed by atoms with E-state index >= 15 is 0 Å². The molecular formula is C13H9BrN4O4S. The van der Waals surface area contributed by atoms with Gasteiger partial charge in [-0.15, -0.1) is 0 Å². The van der Waals surface area contributed by atoms with Gasteiger partial charge in [0.25, 0.3) is 10.0 Å². The molecule has 0 spiro atoms. The van der Waals surface area contributed by atoms with Crippen molar-refractivity contribution in [2.75, 3.05) is 4.72 Å². The number of hydrogen-bond donors (Lipinski definition) is 2. The van der Waals surface area contributed by atoms with Gasteiger partial charge in [-0.05, 0) is 40.2 Å². The molecule has 10 heteroatoms. The Kier molecular flexibility index (Phi) is 3.78. The first-order chi connectivity index (χ1) is 10.9. The summed E-state index contributed by atoms with van der Waals surface area (Å²) in [7, 11) is -3.91. The number of carboxylic acids is 1. The molecule has 1 aromatic carbocycles. The molecule has 0 aliphatic carbocycles. The van der Waals surface area contributed by atoms with Gasteiger partial charge in [-0.1, -0.05) is 0 Å². The van der Waals surface area contributed by atoms with Crippen LogP contribution in [0.5, 0.6) is 0 Å². The van der Waals surface area contributed by atoms with Crippen molar-refractivity contribution in [3.63, 3.8) is 0 Å². The van der Waals surface area contributed by atoms with Crippen LogP contribution in [0.4, 0.5) is 5.69 Å². The maximum atomic E-state index is 12.4. The predicted molar refractivity (Wildman–Crippen MR) is 84.9 cm³/mol. The third-order valence-electron chi connectivity index (χ3n) is 3.00. The maximum absolute atomic E-state index is 12.4. The number of aromatic carboxylic acids is 1. The normalized spacial score (nSPS) is 11.5. The maximum Gasteiger partial charge on any atom is 0.336 e. The van der Waals surface area contributed by atoms with Gasteiger partial charge in [0.05, 0.1) is 16.7 Å². The van der Waals surface area contributed by atoms with Crippen LogP contribution >= 0.6 is 15.9 Å². The first kappa shape index (κ1) is 15.4. The van der Waals surface area contributed by atoms with Gasteiger partial charge >= 0.3 is 5.97 Å². The number of halogens is 1. The molecule has 118 valence electrons. The quantitative estimate of drug-likeness (QED) is 0.696. The van der Waals surface area contributed by atoms with E-state index in [0.29, 0.717) is 5.65 Å². The fraction of sp³-hybridized carbons (Fsp3) is 0. The summed E-state index contributed by atoms with van der Waals surface area (Å²) in [6, 6.07) is 5.33. The zero-order valence-corrected chi connectivity index (χ0v) is 13.7. The van der Waals surface area contributed by atoms with E-state index in [-0.39, 0.29) is 20.6 Å². The van der Waals surface area contributed by atoms with E-state index in [4.69, 9.17) is 5.11 Å². The topological polar surface area (TPSA) is 114 Å². The van der Waals surface area contributed by atoms with Crippen LogP contribution in [0, 0.1) is 0 Å². The highest BCUT2D eigenvalue weighted by atomic mass is 79.9.